The standard InChI is InChI=1S/C30H23ClN4O2S/c1-20-9-5-8-14-26(20)35-29(22-15-17-23(31)18-16-22)33-34-30(35)38-19-27(36)32-25-13-7-6-12-24(25)28(37)21-10-3-2-4-11-21/h2-18H,19H2,1H3,(H,32,36). The van der Waals surface area contributed by atoms with Gasteiger partial charge in [-0.05, 0) is 55.0 Å². The summed E-state index contributed by atoms with van der Waals surface area (Å²) in [4.78, 5) is 26.0. The molecule has 6 nitrogen and oxygen atoms in total. The first kappa shape index (κ1) is 25.4. The SMILES string of the molecule is Cc1ccccc1-n1c(SCC(=O)Nc2ccccc2C(=O)c2ccccc2)nnc1-c1ccc(Cl)cc1. The topological polar surface area (TPSA) is 76.9 Å². The Morgan fingerprint density at radius 2 is 1.53 bits per heavy atom. The third-order valence-electron chi connectivity index (χ3n) is 5.91. The van der Waals surface area contributed by atoms with Crippen LogP contribution in [0.5, 0.6) is 0 Å². The normalized spacial score (nSPS) is 10.8. The molecule has 4 aromatic carbocycles. The van der Waals surface area contributed by atoms with Gasteiger partial charge in [-0.15, -0.1) is 10.2 Å². The number of rotatable bonds is 8. The average molecular weight is 539 g/mol. The maximum Gasteiger partial charge on any atom is 0.234 e. The zero-order valence-electron chi connectivity index (χ0n) is 20.5. The van der Waals surface area contributed by atoms with Gasteiger partial charge in [-0.2, -0.15) is 0 Å². The van der Waals surface area contributed by atoms with Gasteiger partial charge in [0.2, 0.25) is 5.91 Å². The number of nitrogens with one attached hydrogen (secondary N) is 1. The summed E-state index contributed by atoms with van der Waals surface area (Å²) in [6, 6.07) is 31.3. The third-order valence-corrected chi connectivity index (χ3v) is 7.09. The van der Waals surface area contributed by atoms with Gasteiger partial charge >= 0.3 is 0 Å². The molecule has 188 valence electrons. The molecule has 0 spiro atoms. The van der Waals surface area contributed by atoms with Crippen LogP contribution in [-0.2, 0) is 4.79 Å². The molecule has 5 aromatic rings. The number of carbonyl (C=O) groups excluding carboxylic acids is 2. The summed E-state index contributed by atoms with van der Waals surface area (Å²) in [6.07, 6.45) is 0. The van der Waals surface area contributed by atoms with Crippen molar-refractivity contribution in [1.82, 2.24) is 14.8 Å². The van der Waals surface area contributed by atoms with Gasteiger partial charge in [-0.1, -0.05) is 84.0 Å². The zero-order chi connectivity index (χ0) is 26.5. The number of aromatic nitrogens is 3. The second-order valence-electron chi connectivity index (χ2n) is 8.51. The van der Waals surface area contributed by atoms with Crippen molar-refractivity contribution in [1.29, 1.82) is 0 Å². The number of thioether (sulfide) groups is 1. The number of para-hydroxylation sites is 2. The van der Waals surface area contributed by atoms with Crippen LogP contribution in [0.15, 0.2) is 108 Å². The number of aryl methyl sites for hydroxylation is 1. The van der Waals surface area contributed by atoms with Crippen molar-refractivity contribution in [3.8, 4) is 17.1 Å². The summed E-state index contributed by atoms with van der Waals surface area (Å²) in [5.74, 6) is 0.327. The molecule has 0 saturated heterocycles. The van der Waals surface area contributed by atoms with Crippen LogP contribution < -0.4 is 5.32 Å². The highest BCUT2D eigenvalue weighted by molar-refractivity contribution is 7.99. The first-order valence-electron chi connectivity index (χ1n) is 11.9. The molecular weight excluding hydrogens is 516 g/mol. The van der Waals surface area contributed by atoms with Crippen LogP contribution in [0.4, 0.5) is 5.69 Å². The summed E-state index contributed by atoms with van der Waals surface area (Å²) in [6.45, 7) is 2.02. The van der Waals surface area contributed by atoms with Gasteiger partial charge in [-0.25, -0.2) is 0 Å². The van der Waals surface area contributed by atoms with E-state index in [2.05, 4.69) is 15.5 Å². The van der Waals surface area contributed by atoms with E-state index in [9.17, 15) is 9.59 Å². The number of ketones is 1. The van der Waals surface area contributed by atoms with E-state index >= 15 is 0 Å². The molecule has 0 unspecified atom stereocenters. The minimum absolute atomic E-state index is 0.0818. The van der Waals surface area contributed by atoms with Crippen LogP contribution in [-0.4, -0.2) is 32.2 Å². The molecule has 38 heavy (non-hydrogen) atoms. The molecule has 5 rings (SSSR count). The third kappa shape index (κ3) is 5.54. The van der Waals surface area contributed by atoms with Crippen LogP contribution in [0.25, 0.3) is 17.1 Å². The summed E-state index contributed by atoms with van der Waals surface area (Å²) >= 11 is 7.36. The summed E-state index contributed by atoms with van der Waals surface area (Å²) in [5.41, 5.74) is 4.28. The van der Waals surface area contributed by atoms with Crippen LogP contribution >= 0.6 is 23.4 Å². The van der Waals surface area contributed by atoms with Gasteiger partial charge in [0, 0.05) is 21.7 Å². The second kappa shape index (κ2) is 11.5. The number of halogens is 1. The molecule has 1 aromatic heterocycles. The predicted molar refractivity (Wildman–Crippen MR) is 152 cm³/mol. The Morgan fingerprint density at radius 1 is 0.842 bits per heavy atom. The lowest BCUT2D eigenvalue weighted by Gasteiger charge is -2.13. The lowest BCUT2D eigenvalue weighted by atomic mass is 10.0. The highest BCUT2D eigenvalue weighted by atomic mass is 35.5. The lowest BCUT2D eigenvalue weighted by molar-refractivity contribution is -0.113. The van der Waals surface area contributed by atoms with Gasteiger partial charge in [0.25, 0.3) is 0 Å². The Kier molecular flexibility index (Phi) is 7.67. The first-order chi connectivity index (χ1) is 18.5. The zero-order valence-corrected chi connectivity index (χ0v) is 22.0. The Balaban J connectivity index is 1.39. The largest absolute Gasteiger partial charge is 0.325 e. The fourth-order valence-electron chi connectivity index (χ4n) is 4.03. The van der Waals surface area contributed by atoms with Crippen molar-refractivity contribution in [2.75, 3.05) is 11.1 Å². The van der Waals surface area contributed by atoms with Crippen LogP contribution in [0.3, 0.4) is 0 Å². The minimum atomic E-state index is -0.254. The van der Waals surface area contributed by atoms with E-state index in [1.165, 1.54) is 11.8 Å². The van der Waals surface area contributed by atoms with Crippen molar-refractivity contribution < 1.29 is 9.59 Å². The molecule has 0 aliphatic carbocycles. The Labute approximate surface area is 229 Å². The number of hydrogen-bond acceptors (Lipinski definition) is 5. The van der Waals surface area contributed by atoms with E-state index in [1.807, 2.05) is 78.2 Å². The van der Waals surface area contributed by atoms with E-state index in [0.29, 0.717) is 32.8 Å². The van der Waals surface area contributed by atoms with Crippen molar-refractivity contribution in [2.45, 2.75) is 12.1 Å². The van der Waals surface area contributed by atoms with E-state index < -0.39 is 0 Å². The van der Waals surface area contributed by atoms with Gasteiger partial charge in [-0.3, -0.25) is 14.2 Å². The molecule has 0 saturated carbocycles. The molecule has 0 fully saturated rings. The van der Waals surface area contributed by atoms with Gasteiger partial charge < -0.3 is 5.32 Å². The maximum absolute atomic E-state index is 13.0. The summed E-state index contributed by atoms with van der Waals surface area (Å²) < 4.78 is 1.95. The first-order valence-corrected chi connectivity index (χ1v) is 13.3. The number of anilines is 1. The molecule has 0 bridgehead atoms. The highest BCUT2D eigenvalue weighted by Crippen LogP contribution is 2.30. The quantitative estimate of drug-likeness (QED) is 0.172. The average Bonchev–Trinajstić information content (AvgIpc) is 3.36. The fourth-order valence-corrected chi connectivity index (χ4v) is 4.90. The van der Waals surface area contributed by atoms with Gasteiger partial charge in [0.15, 0.2) is 16.8 Å². The Morgan fingerprint density at radius 3 is 2.29 bits per heavy atom. The lowest BCUT2D eigenvalue weighted by Crippen LogP contribution is -2.17. The predicted octanol–water partition coefficient (Wildman–Crippen LogP) is 6.86. The number of hydrogen-bond donors (Lipinski definition) is 1. The second-order valence-corrected chi connectivity index (χ2v) is 9.89. The van der Waals surface area contributed by atoms with Crippen LogP contribution in [0.1, 0.15) is 21.5 Å². The van der Waals surface area contributed by atoms with E-state index in [-0.39, 0.29) is 17.4 Å². The van der Waals surface area contributed by atoms with Crippen molar-refractivity contribution in [3.63, 3.8) is 0 Å². The molecule has 1 heterocycles. The van der Waals surface area contributed by atoms with E-state index in [0.717, 1.165) is 16.8 Å². The smallest absolute Gasteiger partial charge is 0.234 e. The number of nitrogens with zero attached hydrogens (tertiary/aromatic N) is 3. The monoisotopic (exact) mass is 538 g/mol. The van der Waals surface area contributed by atoms with E-state index in [1.54, 1.807) is 36.4 Å². The summed E-state index contributed by atoms with van der Waals surface area (Å²) in [5, 5.41) is 12.9. The number of benzene rings is 4. The fraction of sp³-hybridized carbons (Fsp3) is 0.0667. The number of carbonyl (C=O) groups is 2. The highest BCUT2D eigenvalue weighted by Gasteiger charge is 2.20. The molecular formula is C30H23ClN4O2S. The van der Waals surface area contributed by atoms with E-state index in [4.69, 9.17) is 11.6 Å². The van der Waals surface area contributed by atoms with Gasteiger partial charge in [0.1, 0.15) is 0 Å². The molecule has 8 heteroatoms. The molecule has 0 atom stereocenters. The molecule has 1 amide bonds. The number of amides is 1. The minimum Gasteiger partial charge on any atom is -0.325 e. The van der Waals surface area contributed by atoms with Crippen molar-refractivity contribution in [2.24, 2.45) is 0 Å². The Bertz CT molecular complexity index is 1600. The molecule has 0 aliphatic heterocycles. The molecule has 0 aliphatic rings. The van der Waals surface area contributed by atoms with Crippen LogP contribution in [0.2, 0.25) is 5.02 Å². The van der Waals surface area contributed by atoms with Crippen molar-refractivity contribution >= 4 is 40.7 Å². The maximum atomic E-state index is 13.0. The summed E-state index contributed by atoms with van der Waals surface area (Å²) in [7, 11) is 0. The van der Waals surface area contributed by atoms with Gasteiger partial charge in [0.05, 0.1) is 17.1 Å². The van der Waals surface area contributed by atoms with Crippen LogP contribution in [0, 0.1) is 6.92 Å². The Hall–Kier alpha value is -4.20. The van der Waals surface area contributed by atoms with Crippen molar-refractivity contribution in [3.05, 3.63) is 125 Å². The molecule has 0 radical (unpaired) electrons. The molecule has 1 N–H and O–H groups in total.